The first-order valence-corrected chi connectivity index (χ1v) is 5.12. The molecule has 1 unspecified atom stereocenters. The van der Waals surface area contributed by atoms with E-state index >= 15 is 0 Å². The second-order valence-electron chi connectivity index (χ2n) is 3.83. The first kappa shape index (κ1) is 11.2. The highest BCUT2D eigenvalue weighted by Crippen LogP contribution is 2.46. The van der Waals surface area contributed by atoms with Gasteiger partial charge in [-0.15, -0.1) is 0 Å². The van der Waals surface area contributed by atoms with Gasteiger partial charge in [0.2, 0.25) is 0 Å². The summed E-state index contributed by atoms with van der Waals surface area (Å²) in [6.45, 7) is 3.51. The Hall–Kier alpha value is 0.100. The number of hydrogen-bond acceptors (Lipinski definition) is 2. The van der Waals surface area contributed by atoms with Gasteiger partial charge in [-0.1, -0.05) is 13.8 Å². The molecule has 1 heterocycles. The Morgan fingerprint density at radius 3 is 2.31 bits per heavy atom. The summed E-state index contributed by atoms with van der Waals surface area (Å²) in [5.41, 5.74) is 0. The van der Waals surface area contributed by atoms with Gasteiger partial charge in [-0.2, -0.15) is 24.9 Å². The van der Waals surface area contributed by atoms with Gasteiger partial charge in [0.1, 0.15) is 0 Å². The van der Waals surface area contributed by atoms with Gasteiger partial charge in [-0.3, -0.25) is 0 Å². The lowest BCUT2D eigenvalue weighted by Gasteiger charge is -2.31. The van der Waals surface area contributed by atoms with E-state index in [2.05, 4.69) is 0 Å². The summed E-state index contributed by atoms with van der Waals surface area (Å²) < 4.78 is 36.1. The average molecular weight is 214 g/mol. The molecule has 1 aliphatic rings. The van der Waals surface area contributed by atoms with Crippen molar-refractivity contribution in [1.82, 2.24) is 0 Å². The summed E-state index contributed by atoms with van der Waals surface area (Å²) in [4.78, 5) is 0. The van der Waals surface area contributed by atoms with Crippen LogP contribution in [0, 0.1) is 5.92 Å². The molecule has 1 saturated heterocycles. The van der Waals surface area contributed by atoms with Crippen LogP contribution in [0.25, 0.3) is 0 Å². The molecule has 1 nitrogen and oxygen atoms in total. The smallest absolute Gasteiger partial charge is 0.383 e. The highest BCUT2D eigenvalue weighted by molar-refractivity contribution is 8.00. The monoisotopic (exact) mass is 214 g/mol. The van der Waals surface area contributed by atoms with Gasteiger partial charge >= 0.3 is 6.18 Å². The molecule has 0 aromatic rings. The summed E-state index contributed by atoms with van der Waals surface area (Å²) in [7, 11) is 0. The van der Waals surface area contributed by atoms with Crippen molar-refractivity contribution in [2.75, 3.05) is 5.75 Å². The minimum Gasteiger partial charge on any atom is -0.383 e. The molecule has 1 fully saturated rings. The fourth-order valence-electron chi connectivity index (χ4n) is 1.67. The van der Waals surface area contributed by atoms with Crippen molar-refractivity contribution in [3.63, 3.8) is 0 Å². The summed E-state index contributed by atoms with van der Waals surface area (Å²) >= 11 is 1.49. The van der Waals surface area contributed by atoms with Crippen LogP contribution in [-0.4, -0.2) is 27.9 Å². The third-order valence-electron chi connectivity index (χ3n) is 2.51. The molecule has 5 heteroatoms. The molecule has 1 N–H and O–H groups in total. The minimum atomic E-state index is -4.48. The summed E-state index contributed by atoms with van der Waals surface area (Å²) in [5.74, 6) is 0.0302. The van der Waals surface area contributed by atoms with Crippen LogP contribution < -0.4 is 0 Å². The predicted molar refractivity (Wildman–Crippen MR) is 46.7 cm³/mol. The Balaban J connectivity index is 2.72. The largest absolute Gasteiger partial charge is 0.414 e. The van der Waals surface area contributed by atoms with Crippen molar-refractivity contribution in [1.29, 1.82) is 0 Å². The molecule has 13 heavy (non-hydrogen) atoms. The number of aliphatic hydroxyl groups is 1. The highest BCUT2D eigenvalue weighted by Gasteiger charge is 2.50. The van der Waals surface area contributed by atoms with Crippen molar-refractivity contribution in [3.05, 3.63) is 0 Å². The van der Waals surface area contributed by atoms with Crippen molar-refractivity contribution in [2.24, 2.45) is 5.92 Å². The lowest BCUT2D eigenvalue weighted by atomic mass is 9.87. The van der Waals surface area contributed by atoms with Gasteiger partial charge < -0.3 is 5.11 Å². The second-order valence-corrected chi connectivity index (χ2v) is 5.58. The van der Waals surface area contributed by atoms with E-state index in [-0.39, 0.29) is 0 Å². The molecule has 0 aromatic heterocycles. The SMILES string of the molecule is CC1(C)SCCC1[C@H](O)C(F)(F)F. The molecule has 0 aliphatic carbocycles. The van der Waals surface area contributed by atoms with Gasteiger partial charge in [0.25, 0.3) is 0 Å². The lowest BCUT2D eigenvalue weighted by Crippen LogP contribution is -2.42. The van der Waals surface area contributed by atoms with E-state index in [9.17, 15) is 13.2 Å². The summed E-state index contributed by atoms with van der Waals surface area (Å²) in [6.07, 6.45) is -6.21. The van der Waals surface area contributed by atoms with Crippen molar-refractivity contribution in [3.8, 4) is 0 Å². The van der Waals surface area contributed by atoms with Gasteiger partial charge in [0, 0.05) is 10.7 Å². The van der Waals surface area contributed by atoms with Crippen LogP contribution in [0.2, 0.25) is 0 Å². The van der Waals surface area contributed by atoms with E-state index in [1.807, 2.05) is 0 Å². The van der Waals surface area contributed by atoms with Crippen LogP contribution in [-0.2, 0) is 0 Å². The third-order valence-corrected chi connectivity index (χ3v) is 4.00. The normalized spacial score (nSPS) is 30.5. The molecular weight excluding hydrogens is 201 g/mol. The van der Waals surface area contributed by atoms with Gasteiger partial charge in [0.15, 0.2) is 6.10 Å². The van der Waals surface area contributed by atoms with E-state index in [1.165, 1.54) is 11.8 Å². The van der Waals surface area contributed by atoms with Crippen LogP contribution >= 0.6 is 11.8 Å². The molecule has 2 atom stereocenters. The number of hydrogen-bond donors (Lipinski definition) is 1. The molecule has 0 radical (unpaired) electrons. The molecule has 0 amide bonds. The van der Waals surface area contributed by atoms with E-state index in [0.29, 0.717) is 12.2 Å². The minimum absolute atomic E-state index is 0.443. The van der Waals surface area contributed by atoms with Crippen LogP contribution in [0.15, 0.2) is 0 Å². The predicted octanol–water partition coefficient (Wildman–Crippen LogP) is 2.44. The Bertz CT molecular complexity index is 190. The van der Waals surface area contributed by atoms with Crippen LogP contribution in [0.5, 0.6) is 0 Å². The molecule has 0 saturated carbocycles. The number of alkyl halides is 3. The van der Waals surface area contributed by atoms with Crippen LogP contribution in [0.4, 0.5) is 13.2 Å². The van der Waals surface area contributed by atoms with E-state index in [1.54, 1.807) is 13.8 Å². The zero-order valence-corrected chi connectivity index (χ0v) is 8.37. The van der Waals surface area contributed by atoms with Gasteiger partial charge in [-0.05, 0) is 12.2 Å². The molecule has 0 spiro atoms. The number of rotatable bonds is 1. The average Bonchev–Trinajstić information content (AvgIpc) is 2.26. The van der Waals surface area contributed by atoms with Gasteiger partial charge in [0.05, 0.1) is 0 Å². The number of aliphatic hydroxyl groups excluding tert-OH is 1. The maximum Gasteiger partial charge on any atom is 0.414 e. The molecular formula is C8H13F3OS. The van der Waals surface area contributed by atoms with Crippen LogP contribution in [0.1, 0.15) is 20.3 Å². The summed E-state index contributed by atoms with van der Waals surface area (Å²) in [5, 5.41) is 9.08. The molecule has 0 aromatic carbocycles. The quantitative estimate of drug-likeness (QED) is 0.723. The number of thioether (sulfide) groups is 1. The first-order valence-electron chi connectivity index (χ1n) is 4.14. The fraction of sp³-hybridized carbons (Fsp3) is 1.00. The highest BCUT2D eigenvalue weighted by atomic mass is 32.2. The van der Waals surface area contributed by atoms with Crippen molar-refractivity contribution in [2.45, 2.75) is 37.3 Å². The molecule has 1 rings (SSSR count). The maximum atomic E-state index is 12.2. The first-order chi connectivity index (χ1) is 5.75. The Morgan fingerprint density at radius 1 is 1.46 bits per heavy atom. The number of halogens is 3. The van der Waals surface area contributed by atoms with E-state index < -0.39 is 22.9 Å². The third kappa shape index (κ3) is 2.31. The summed E-state index contributed by atoms with van der Waals surface area (Å²) in [6, 6.07) is 0. The fourth-order valence-corrected chi connectivity index (χ4v) is 3.03. The molecule has 1 aliphatic heterocycles. The Kier molecular flexibility index (Phi) is 2.88. The van der Waals surface area contributed by atoms with Crippen molar-refractivity contribution >= 4 is 11.8 Å². The second kappa shape index (κ2) is 3.35. The lowest BCUT2D eigenvalue weighted by molar-refractivity contribution is -0.221. The topological polar surface area (TPSA) is 20.2 Å². The molecule has 0 bridgehead atoms. The zero-order chi connectivity index (χ0) is 10.3. The zero-order valence-electron chi connectivity index (χ0n) is 7.56. The maximum absolute atomic E-state index is 12.2. The standard InChI is InChI=1S/C8H13F3OS/c1-7(2)5(3-4-13-7)6(12)8(9,10)11/h5-6,12H,3-4H2,1-2H3/t5?,6-/m0/s1. The van der Waals surface area contributed by atoms with Crippen molar-refractivity contribution < 1.29 is 18.3 Å². The van der Waals surface area contributed by atoms with E-state index in [4.69, 9.17) is 5.11 Å². The Morgan fingerprint density at radius 2 is 2.00 bits per heavy atom. The van der Waals surface area contributed by atoms with Gasteiger partial charge in [-0.25, -0.2) is 0 Å². The Labute approximate surface area is 79.7 Å². The molecule has 78 valence electrons. The van der Waals surface area contributed by atoms with Crippen LogP contribution in [0.3, 0.4) is 0 Å². The van der Waals surface area contributed by atoms with E-state index in [0.717, 1.165) is 0 Å².